The summed E-state index contributed by atoms with van der Waals surface area (Å²) in [6, 6.07) is 6.89. The van der Waals surface area contributed by atoms with Crippen LogP contribution in [0.4, 0.5) is 5.69 Å². The molecule has 1 unspecified atom stereocenters. The van der Waals surface area contributed by atoms with Gasteiger partial charge < -0.3 is 10.2 Å². The molecular formula is C15H20N2O2S. The zero-order valence-electron chi connectivity index (χ0n) is 11.9. The first-order valence-corrected chi connectivity index (χ1v) is 8.13. The van der Waals surface area contributed by atoms with Gasteiger partial charge in [-0.15, -0.1) is 0 Å². The first-order valence-electron chi connectivity index (χ1n) is 6.98. The Morgan fingerprint density at radius 3 is 2.70 bits per heavy atom. The van der Waals surface area contributed by atoms with Crippen molar-refractivity contribution in [1.82, 2.24) is 5.32 Å². The fourth-order valence-electron chi connectivity index (χ4n) is 2.31. The highest BCUT2D eigenvalue weighted by molar-refractivity contribution is 7.99. The molecule has 1 atom stereocenters. The number of carbonyl (C=O) groups excluding carboxylic acids is 2. The van der Waals surface area contributed by atoms with Crippen molar-refractivity contribution in [2.24, 2.45) is 0 Å². The normalized spacial score (nSPS) is 18.5. The van der Waals surface area contributed by atoms with Gasteiger partial charge in [0.05, 0.1) is 11.3 Å². The minimum absolute atomic E-state index is 0.0116. The molecule has 0 saturated heterocycles. The van der Waals surface area contributed by atoms with E-state index in [0.29, 0.717) is 18.5 Å². The molecule has 0 bridgehead atoms. The number of anilines is 1. The van der Waals surface area contributed by atoms with Gasteiger partial charge in [0.1, 0.15) is 6.04 Å². The van der Waals surface area contributed by atoms with Crippen molar-refractivity contribution in [3.63, 3.8) is 0 Å². The van der Waals surface area contributed by atoms with Gasteiger partial charge in [0.15, 0.2) is 0 Å². The SMILES string of the molecule is CCSCCN1C(=O)C(CC)NC(=O)c2ccccc21. The Balaban J connectivity index is 2.35. The van der Waals surface area contributed by atoms with E-state index in [-0.39, 0.29) is 11.8 Å². The number of rotatable bonds is 5. The molecule has 1 aliphatic rings. The Hall–Kier alpha value is -1.49. The highest BCUT2D eigenvalue weighted by Gasteiger charge is 2.32. The van der Waals surface area contributed by atoms with Crippen molar-refractivity contribution in [3.8, 4) is 0 Å². The maximum atomic E-state index is 12.6. The number of para-hydroxylation sites is 1. The van der Waals surface area contributed by atoms with Crippen LogP contribution in [0.3, 0.4) is 0 Å². The number of fused-ring (bicyclic) bond motifs is 1. The van der Waals surface area contributed by atoms with Crippen molar-refractivity contribution in [2.75, 3.05) is 23.0 Å². The minimum atomic E-state index is -0.429. The van der Waals surface area contributed by atoms with Crippen LogP contribution in [0.2, 0.25) is 0 Å². The predicted octanol–water partition coefficient (Wildman–Crippen LogP) is 2.29. The molecule has 1 aromatic carbocycles. The molecule has 0 aromatic heterocycles. The van der Waals surface area contributed by atoms with Crippen molar-refractivity contribution in [3.05, 3.63) is 29.8 Å². The van der Waals surface area contributed by atoms with E-state index in [1.54, 1.807) is 22.7 Å². The number of thioether (sulfide) groups is 1. The molecule has 0 aliphatic carbocycles. The fraction of sp³-hybridized carbons (Fsp3) is 0.467. The number of amides is 2. The average molecular weight is 292 g/mol. The average Bonchev–Trinajstić information content (AvgIpc) is 2.57. The van der Waals surface area contributed by atoms with Gasteiger partial charge in [0.2, 0.25) is 5.91 Å². The fourth-order valence-corrected chi connectivity index (χ4v) is 2.91. The molecule has 1 aromatic rings. The monoisotopic (exact) mass is 292 g/mol. The molecular weight excluding hydrogens is 272 g/mol. The van der Waals surface area contributed by atoms with Gasteiger partial charge in [-0.1, -0.05) is 26.0 Å². The summed E-state index contributed by atoms with van der Waals surface area (Å²) >= 11 is 1.80. The lowest BCUT2D eigenvalue weighted by molar-refractivity contribution is -0.120. The molecule has 0 fully saturated rings. The molecule has 2 rings (SSSR count). The van der Waals surface area contributed by atoms with E-state index >= 15 is 0 Å². The summed E-state index contributed by atoms with van der Waals surface area (Å²) < 4.78 is 0. The van der Waals surface area contributed by atoms with Gasteiger partial charge in [-0.2, -0.15) is 11.8 Å². The maximum absolute atomic E-state index is 12.6. The molecule has 2 amide bonds. The quantitative estimate of drug-likeness (QED) is 0.847. The highest BCUT2D eigenvalue weighted by atomic mass is 32.2. The summed E-state index contributed by atoms with van der Waals surface area (Å²) in [6.07, 6.45) is 0.607. The molecule has 1 heterocycles. The van der Waals surface area contributed by atoms with Gasteiger partial charge in [-0.05, 0) is 24.3 Å². The number of hydrogen-bond donors (Lipinski definition) is 1. The third-order valence-corrected chi connectivity index (χ3v) is 4.26. The molecule has 0 radical (unpaired) electrons. The molecule has 4 nitrogen and oxygen atoms in total. The van der Waals surface area contributed by atoms with Crippen LogP contribution in [-0.4, -0.2) is 35.9 Å². The van der Waals surface area contributed by atoms with Crippen molar-refractivity contribution in [1.29, 1.82) is 0 Å². The topological polar surface area (TPSA) is 49.4 Å². The summed E-state index contributed by atoms with van der Waals surface area (Å²) in [7, 11) is 0. The van der Waals surface area contributed by atoms with E-state index in [4.69, 9.17) is 0 Å². The van der Waals surface area contributed by atoms with Gasteiger partial charge in [0.25, 0.3) is 5.91 Å². The minimum Gasteiger partial charge on any atom is -0.340 e. The first-order chi connectivity index (χ1) is 9.69. The zero-order chi connectivity index (χ0) is 14.5. The number of hydrogen-bond acceptors (Lipinski definition) is 3. The molecule has 20 heavy (non-hydrogen) atoms. The number of benzene rings is 1. The molecule has 1 N–H and O–H groups in total. The van der Waals surface area contributed by atoms with E-state index < -0.39 is 6.04 Å². The Morgan fingerprint density at radius 1 is 1.25 bits per heavy atom. The maximum Gasteiger partial charge on any atom is 0.254 e. The summed E-state index contributed by atoms with van der Waals surface area (Å²) in [5.74, 6) is 1.73. The van der Waals surface area contributed by atoms with Gasteiger partial charge in [-0.3, -0.25) is 9.59 Å². The lowest BCUT2D eigenvalue weighted by atomic mass is 10.1. The van der Waals surface area contributed by atoms with Crippen molar-refractivity contribution in [2.45, 2.75) is 26.3 Å². The van der Waals surface area contributed by atoms with Gasteiger partial charge in [-0.25, -0.2) is 0 Å². The molecule has 108 valence electrons. The second kappa shape index (κ2) is 6.79. The Morgan fingerprint density at radius 2 is 2.00 bits per heavy atom. The standard InChI is InChI=1S/C15H20N2O2S/c1-3-12-15(19)17(9-10-20-4-2)13-8-6-5-7-11(13)14(18)16-12/h5-8,12H,3-4,9-10H2,1-2H3,(H,16,18). The third kappa shape index (κ3) is 2.98. The van der Waals surface area contributed by atoms with Crippen LogP contribution >= 0.6 is 11.8 Å². The van der Waals surface area contributed by atoms with E-state index in [2.05, 4.69) is 12.2 Å². The summed E-state index contributed by atoms with van der Waals surface area (Å²) in [6.45, 7) is 4.65. The van der Waals surface area contributed by atoms with Crippen LogP contribution < -0.4 is 10.2 Å². The van der Waals surface area contributed by atoms with E-state index in [0.717, 1.165) is 17.2 Å². The summed E-state index contributed by atoms with van der Waals surface area (Å²) in [5.41, 5.74) is 1.31. The summed E-state index contributed by atoms with van der Waals surface area (Å²) in [4.78, 5) is 26.5. The van der Waals surface area contributed by atoms with Crippen LogP contribution in [-0.2, 0) is 4.79 Å². The lowest BCUT2D eigenvalue weighted by Gasteiger charge is -2.24. The molecule has 1 aliphatic heterocycles. The van der Waals surface area contributed by atoms with Crippen LogP contribution in [0.5, 0.6) is 0 Å². The molecule has 0 spiro atoms. The predicted molar refractivity (Wildman–Crippen MR) is 83.3 cm³/mol. The second-order valence-corrected chi connectivity index (χ2v) is 6.03. The van der Waals surface area contributed by atoms with E-state index in [1.807, 2.05) is 25.1 Å². The van der Waals surface area contributed by atoms with Crippen LogP contribution in [0, 0.1) is 0 Å². The lowest BCUT2D eigenvalue weighted by Crippen LogP contribution is -2.46. The Bertz CT molecular complexity index is 504. The first kappa shape index (κ1) is 14.9. The van der Waals surface area contributed by atoms with E-state index in [1.165, 1.54) is 0 Å². The Kier molecular flexibility index (Phi) is 5.06. The number of nitrogens with one attached hydrogen (secondary N) is 1. The molecule has 0 saturated carbocycles. The largest absolute Gasteiger partial charge is 0.340 e. The van der Waals surface area contributed by atoms with Crippen LogP contribution in [0.25, 0.3) is 0 Å². The third-order valence-electron chi connectivity index (χ3n) is 3.38. The number of carbonyl (C=O) groups is 2. The smallest absolute Gasteiger partial charge is 0.254 e. The zero-order valence-corrected chi connectivity index (χ0v) is 12.7. The van der Waals surface area contributed by atoms with Gasteiger partial charge in [0, 0.05) is 12.3 Å². The van der Waals surface area contributed by atoms with Gasteiger partial charge >= 0.3 is 0 Å². The highest BCUT2D eigenvalue weighted by Crippen LogP contribution is 2.25. The summed E-state index contributed by atoms with van der Waals surface area (Å²) in [5, 5.41) is 2.82. The van der Waals surface area contributed by atoms with Crippen molar-refractivity contribution >= 4 is 29.3 Å². The van der Waals surface area contributed by atoms with Crippen LogP contribution in [0.15, 0.2) is 24.3 Å². The van der Waals surface area contributed by atoms with Crippen LogP contribution in [0.1, 0.15) is 30.6 Å². The van der Waals surface area contributed by atoms with Crippen molar-refractivity contribution < 1.29 is 9.59 Å². The molecule has 5 heteroatoms. The Labute approximate surface area is 123 Å². The number of nitrogens with zero attached hydrogens (tertiary/aromatic N) is 1. The van der Waals surface area contributed by atoms with E-state index in [9.17, 15) is 9.59 Å². The second-order valence-electron chi connectivity index (χ2n) is 4.64.